The van der Waals surface area contributed by atoms with E-state index < -0.39 is 15.8 Å². The van der Waals surface area contributed by atoms with E-state index in [1.165, 1.54) is 48.9 Å². The monoisotopic (exact) mass is 524 g/mol. The molecule has 37 heavy (non-hydrogen) atoms. The Balaban J connectivity index is 1.04. The fourth-order valence-electron chi connectivity index (χ4n) is 8.94. The number of nitrogens with zero attached hydrogens (tertiary/aromatic N) is 2. The highest BCUT2D eigenvalue weighted by atomic mass is 32.2. The topological polar surface area (TPSA) is 60.9 Å². The minimum Gasteiger partial charge on any atom is -0.391 e. The lowest BCUT2D eigenvalue weighted by atomic mass is 9.48. The predicted molar refractivity (Wildman–Crippen MR) is 142 cm³/mol. The Labute approximate surface area is 219 Å². The van der Waals surface area contributed by atoms with E-state index in [2.05, 4.69) is 4.90 Å². The van der Waals surface area contributed by atoms with Gasteiger partial charge in [-0.2, -0.15) is 0 Å². The standard InChI is InChI=1S/C30H37FN2O3S/c31-26-6-3-5-25-24-4-1-2-7-27(24)37(35,36)33(29(25)26)18-20-8-10-32(11-9-20)19-28(34)30-15-21-12-22(16-30)14-23(13-21)17-30/h1-7,20-23,28,34H,8-19H2. The summed E-state index contributed by atoms with van der Waals surface area (Å²) >= 11 is 0. The first-order chi connectivity index (χ1) is 17.8. The third kappa shape index (κ3) is 3.95. The fraction of sp³-hybridized carbons (Fsp3) is 0.600. The molecule has 4 bridgehead atoms. The molecule has 1 saturated heterocycles. The number of hydrogen-bond acceptors (Lipinski definition) is 4. The van der Waals surface area contributed by atoms with Crippen LogP contribution in [0.5, 0.6) is 0 Å². The molecule has 2 heterocycles. The van der Waals surface area contributed by atoms with Gasteiger partial charge in [-0.15, -0.1) is 0 Å². The van der Waals surface area contributed by atoms with Crippen molar-refractivity contribution in [2.75, 3.05) is 30.5 Å². The first-order valence-electron chi connectivity index (χ1n) is 14.1. The van der Waals surface area contributed by atoms with E-state index in [4.69, 9.17) is 0 Å². The van der Waals surface area contributed by atoms with Gasteiger partial charge in [0.2, 0.25) is 0 Å². The second kappa shape index (κ2) is 8.78. The van der Waals surface area contributed by atoms with Crippen LogP contribution < -0.4 is 4.31 Å². The number of likely N-dealkylation sites (tertiary alicyclic amines) is 1. The molecule has 5 fully saturated rings. The number of benzene rings is 2. The van der Waals surface area contributed by atoms with Crippen LogP contribution in [0.1, 0.15) is 51.4 Å². The maximum Gasteiger partial charge on any atom is 0.265 e. The average Bonchev–Trinajstić information content (AvgIpc) is 2.87. The van der Waals surface area contributed by atoms with E-state index in [0.29, 0.717) is 11.1 Å². The van der Waals surface area contributed by atoms with Gasteiger partial charge in [0, 0.05) is 24.2 Å². The molecule has 0 amide bonds. The lowest BCUT2D eigenvalue weighted by Crippen LogP contribution is -2.55. The van der Waals surface area contributed by atoms with Gasteiger partial charge in [-0.3, -0.25) is 4.31 Å². The lowest BCUT2D eigenvalue weighted by molar-refractivity contribution is -0.127. The van der Waals surface area contributed by atoms with Gasteiger partial charge >= 0.3 is 0 Å². The van der Waals surface area contributed by atoms with Crippen molar-refractivity contribution >= 4 is 15.7 Å². The lowest BCUT2D eigenvalue weighted by Gasteiger charge is -2.59. The Morgan fingerprint density at radius 3 is 2.22 bits per heavy atom. The fourth-order valence-corrected chi connectivity index (χ4v) is 10.7. The molecule has 5 nitrogen and oxygen atoms in total. The molecule has 0 radical (unpaired) electrons. The molecule has 6 aliphatic rings. The van der Waals surface area contributed by atoms with Crippen molar-refractivity contribution in [1.29, 1.82) is 0 Å². The summed E-state index contributed by atoms with van der Waals surface area (Å²) in [6.07, 6.45) is 9.19. The number of rotatable bonds is 5. The number of fused-ring (bicyclic) bond motifs is 3. The van der Waals surface area contributed by atoms with Crippen LogP contribution in [0.15, 0.2) is 47.4 Å². The summed E-state index contributed by atoms with van der Waals surface area (Å²) in [5, 5.41) is 11.4. The Hall–Kier alpha value is -1.96. The number of aliphatic hydroxyl groups excluding tert-OH is 1. The maximum atomic E-state index is 15.1. The Bertz CT molecular complexity index is 1270. The van der Waals surface area contributed by atoms with Gasteiger partial charge in [0.25, 0.3) is 10.0 Å². The number of hydrogen-bond donors (Lipinski definition) is 1. The van der Waals surface area contributed by atoms with Crippen molar-refractivity contribution in [3.05, 3.63) is 48.3 Å². The van der Waals surface area contributed by atoms with Gasteiger partial charge in [-0.05, 0) is 106 Å². The van der Waals surface area contributed by atoms with E-state index in [0.717, 1.165) is 50.2 Å². The van der Waals surface area contributed by atoms with Gasteiger partial charge in [0.1, 0.15) is 5.82 Å². The SMILES string of the molecule is O=S1(=O)c2ccccc2-c2cccc(F)c2N1CC1CCN(CC(O)C23CC4CC(CC(C4)C2)C3)CC1. The largest absolute Gasteiger partial charge is 0.391 e. The maximum absolute atomic E-state index is 15.1. The van der Waals surface area contributed by atoms with Crippen LogP contribution in [-0.4, -0.2) is 50.7 Å². The van der Waals surface area contributed by atoms with Crippen molar-refractivity contribution < 1.29 is 17.9 Å². The first-order valence-corrected chi connectivity index (χ1v) is 15.6. The van der Waals surface area contributed by atoms with Crippen LogP contribution in [0, 0.1) is 34.9 Å². The van der Waals surface area contributed by atoms with E-state index in [1.807, 2.05) is 6.07 Å². The molecular formula is C30H37FN2O3S. The Morgan fingerprint density at radius 2 is 1.54 bits per heavy atom. The van der Waals surface area contributed by atoms with Crippen molar-refractivity contribution in [2.45, 2.75) is 62.4 Å². The zero-order chi connectivity index (χ0) is 25.4. The number of para-hydroxylation sites is 1. The van der Waals surface area contributed by atoms with E-state index in [9.17, 15) is 13.5 Å². The number of piperidine rings is 1. The van der Waals surface area contributed by atoms with Crippen molar-refractivity contribution in [3.8, 4) is 11.1 Å². The second-order valence-electron chi connectivity index (χ2n) is 12.7. The molecule has 4 saturated carbocycles. The molecule has 1 atom stereocenters. The highest BCUT2D eigenvalue weighted by Crippen LogP contribution is 2.61. The smallest absolute Gasteiger partial charge is 0.265 e. The normalized spacial score (nSPS) is 33.2. The van der Waals surface area contributed by atoms with Crippen LogP contribution in [0.3, 0.4) is 0 Å². The zero-order valence-electron chi connectivity index (χ0n) is 21.4. The van der Waals surface area contributed by atoms with Gasteiger partial charge in [0.05, 0.1) is 16.7 Å². The zero-order valence-corrected chi connectivity index (χ0v) is 22.2. The summed E-state index contributed by atoms with van der Waals surface area (Å²) in [6, 6.07) is 11.7. The first kappa shape index (κ1) is 24.1. The van der Waals surface area contributed by atoms with Crippen LogP contribution >= 0.6 is 0 Å². The summed E-state index contributed by atoms with van der Waals surface area (Å²) in [7, 11) is -3.84. The van der Waals surface area contributed by atoms with Crippen molar-refractivity contribution in [1.82, 2.24) is 4.90 Å². The summed E-state index contributed by atoms with van der Waals surface area (Å²) in [5.74, 6) is 2.14. The molecule has 4 aliphatic carbocycles. The molecule has 1 unspecified atom stereocenters. The molecule has 1 N–H and O–H groups in total. The highest BCUT2D eigenvalue weighted by molar-refractivity contribution is 7.93. The minimum atomic E-state index is -3.84. The van der Waals surface area contributed by atoms with Gasteiger partial charge in [-0.1, -0.05) is 30.3 Å². The third-order valence-electron chi connectivity index (χ3n) is 10.3. The minimum absolute atomic E-state index is 0.127. The van der Waals surface area contributed by atoms with Crippen molar-refractivity contribution in [3.63, 3.8) is 0 Å². The molecule has 198 valence electrons. The molecule has 2 aromatic rings. The highest BCUT2D eigenvalue weighted by Gasteiger charge is 2.54. The summed E-state index contributed by atoms with van der Waals surface area (Å²) in [5.41, 5.74) is 1.52. The third-order valence-corrected chi connectivity index (χ3v) is 12.2. The quantitative estimate of drug-likeness (QED) is 0.577. The summed E-state index contributed by atoms with van der Waals surface area (Å²) in [6.45, 7) is 2.72. The molecule has 2 aliphatic heterocycles. The number of sulfonamides is 1. The van der Waals surface area contributed by atoms with Gasteiger partial charge < -0.3 is 10.0 Å². The van der Waals surface area contributed by atoms with Crippen LogP contribution in [0.2, 0.25) is 0 Å². The van der Waals surface area contributed by atoms with Gasteiger partial charge in [0.15, 0.2) is 0 Å². The molecule has 2 aromatic carbocycles. The number of aliphatic hydroxyl groups is 1. The number of anilines is 1. The second-order valence-corrected chi connectivity index (χ2v) is 14.5. The summed E-state index contributed by atoms with van der Waals surface area (Å²) in [4.78, 5) is 2.64. The van der Waals surface area contributed by atoms with E-state index in [-0.39, 0.29) is 34.6 Å². The average molecular weight is 525 g/mol. The molecule has 7 heteroatoms. The van der Waals surface area contributed by atoms with Crippen LogP contribution in [0.25, 0.3) is 11.1 Å². The van der Waals surface area contributed by atoms with Crippen LogP contribution in [-0.2, 0) is 10.0 Å². The molecular weight excluding hydrogens is 487 g/mol. The van der Waals surface area contributed by atoms with E-state index >= 15 is 4.39 Å². The molecule has 0 aromatic heterocycles. The van der Waals surface area contributed by atoms with Crippen LogP contribution in [0.4, 0.5) is 10.1 Å². The van der Waals surface area contributed by atoms with E-state index in [1.54, 1.807) is 30.3 Å². The number of halogens is 1. The molecule has 0 spiro atoms. The number of β-amino-alcohol motifs (C(OH)–C–C–N with tert-alkyl or cyclic N) is 1. The van der Waals surface area contributed by atoms with Crippen molar-refractivity contribution in [2.24, 2.45) is 29.1 Å². The predicted octanol–water partition coefficient (Wildman–Crippen LogP) is 5.29. The Morgan fingerprint density at radius 1 is 0.919 bits per heavy atom. The Kier molecular flexibility index (Phi) is 5.72. The molecule has 8 rings (SSSR count). The summed E-state index contributed by atoms with van der Waals surface area (Å²) < 4.78 is 43.7. The van der Waals surface area contributed by atoms with Gasteiger partial charge in [-0.25, -0.2) is 12.8 Å².